The van der Waals surface area contributed by atoms with Crippen LogP contribution >= 0.6 is 0 Å². The SMILES string of the molecule is CC(C)C1C(=O)[C@@H]2COC[C@]2(C)Nc2ccccc21. The monoisotopic (exact) mass is 259 g/mol. The number of fused-ring (bicyclic) bond motifs is 2. The number of para-hydroxylation sites is 1. The molecule has 102 valence electrons. The maximum Gasteiger partial charge on any atom is 0.148 e. The van der Waals surface area contributed by atoms with Crippen LogP contribution in [-0.2, 0) is 9.53 Å². The van der Waals surface area contributed by atoms with E-state index < -0.39 is 0 Å². The standard InChI is InChI=1S/C16H21NO2/c1-10(2)14-11-6-4-5-7-13(11)17-16(3)9-19-8-12(16)15(14)18/h4-7,10,12,14,17H,8-9H2,1-3H3/t12-,14?,16-/m0/s1. The van der Waals surface area contributed by atoms with Crippen LogP contribution in [0.25, 0.3) is 0 Å². The van der Waals surface area contributed by atoms with Gasteiger partial charge in [0.2, 0.25) is 0 Å². The van der Waals surface area contributed by atoms with E-state index in [0.717, 1.165) is 11.3 Å². The summed E-state index contributed by atoms with van der Waals surface area (Å²) >= 11 is 0. The predicted octanol–water partition coefficient (Wildman–Crippen LogP) is 2.83. The molecule has 1 aromatic rings. The number of hydrogen-bond donors (Lipinski definition) is 1. The Kier molecular flexibility index (Phi) is 2.90. The third-order valence-corrected chi connectivity index (χ3v) is 4.49. The van der Waals surface area contributed by atoms with E-state index in [4.69, 9.17) is 4.74 Å². The lowest BCUT2D eigenvalue weighted by Crippen LogP contribution is -2.45. The molecule has 2 aliphatic rings. The normalized spacial score (nSPS) is 33.6. The van der Waals surface area contributed by atoms with Gasteiger partial charge in [-0.2, -0.15) is 0 Å². The van der Waals surface area contributed by atoms with Crippen LogP contribution in [0, 0.1) is 11.8 Å². The molecule has 1 saturated heterocycles. The van der Waals surface area contributed by atoms with Gasteiger partial charge in [0.25, 0.3) is 0 Å². The number of ether oxygens (including phenoxy) is 1. The topological polar surface area (TPSA) is 38.3 Å². The Balaban J connectivity index is 2.15. The molecule has 3 nitrogen and oxygen atoms in total. The predicted molar refractivity (Wildman–Crippen MR) is 75.4 cm³/mol. The average molecular weight is 259 g/mol. The molecule has 19 heavy (non-hydrogen) atoms. The lowest BCUT2D eigenvalue weighted by molar-refractivity contribution is -0.126. The lowest BCUT2D eigenvalue weighted by atomic mass is 9.77. The summed E-state index contributed by atoms with van der Waals surface area (Å²) in [6.45, 7) is 7.49. The van der Waals surface area contributed by atoms with Crippen molar-refractivity contribution in [3.63, 3.8) is 0 Å². The highest BCUT2D eigenvalue weighted by atomic mass is 16.5. The minimum absolute atomic E-state index is 0.0303. The molecule has 0 saturated carbocycles. The van der Waals surface area contributed by atoms with Crippen molar-refractivity contribution in [3.8, 4) is 0 Å². The first-order valence-corrected chi connectivity index (χ1v) is 7.01. The van der Waals surface area contributed by atoms with Crippen molar-refractivity contribution in [3.05, 3.63) is 29.8 Å². The van der Waals surface area contributed by atoms with E-state index in [2.05, 4.69) is 38.2 Å². The van der Waals surface area contributed by atoms with E-state index >= 15 is 0 Å². The molecule has 0 aliphatic carbocycles. The van der Waals surface area contributed by atoms with Crippen LogP contribution in [0.3, 0.4) is 0 Å². The van der Waals surface area contributed by atoms with E-state index in [9.17, 15) is 4.79 Å². The van der Waals surface area contributed by atoms with Crippen LogP contribution < -0.4 is 5.32 Å². The van der Waals surface area contributed by atoms with Crippen LogP contribution in [-0.4, -0.2) is 24.5 Å². The molecule has 0 spiro atoms. The average Bonchev–Trinajstić information content (AvgIpc) is 2.69. The van der Waals surface area contributed by atoms with Crippen molar-refractivity contribution in [2.24, 2.45) is 11.8 Å². The van der Waals surface area contributed by atoms with Crippen molar-refractivity contribution < 1.29 is 9.53 Å². The summed E-state index contributed by atoms with van der Waals surface area (Å²) in [5.41, 5.74) is 1.96. The minimum atomic E-state index is -0.267. The first kappa shape index (κ1) is 12.7. The molecule has 0 amide bonds. The van der Waals surface area contributed by atoms with Gasteiger partial charge in [0.1, 0.15) is 5.78 Å². The molecule has 1 fully saturated rings. The fourth-order valence-corrected chi connectivity index (χ4v) is 3.44. The molecule has 0 bridgehead atoms. The van der Waals surface area contributed by atoms with Crippen molar-refractivity contribution in [2.45, 2.75) is 32.2 Å². The second kappa shape index (κ2) is 4.34. The summed E-state index contributed by atoms with van der Waals surface area (Å²) in [6, 6.07) is 8.19. The first-order chi connectivity index (χ1) is 9.03. The van der Waals surface area contributed by atoms with Crippen LogP contribution in [0.5, 0.6) is 0 Å². The zero-order valence-electron chi connectivity index (χ0n) is 11.8. The van der Waals surface area contributed by atoms with Gasteiger partial charge in [0, 0.05) is 11.6 Å². The first-order valence-electron chi connectivity index (χ1n) is 7.01. The number of Topliss-reactive ketones (excluding diaryl/α,β-unsaturated/α-hetero) is 1. The van der Waals surface area contributed by atoms with E-state index in [1.165, 1.54) is 0 Å². The number of rotatable bonds is 1. The van der Waals surface area contributed by atoms with Crippen molar-refractivity contribution in [1.82, 2.24) is 0 Å². The molecule has 2 aliphatic heterocycles. The highest BCUT2D eigenvalue weighted by Crippen LogP contribution is 2.43. The summed E-state index contributed by atoms with van der Waals surface area (Å²) in [5.74, 6) is 0.551. The Bertz CT molecular complexity index is 511. The molecule has 1 N–H and O–H groups in total. The van der Waals surface area contributed by atoms with Crippen LogP contribution in [0.1, 0.15) is 32.3 Å². The fraction of sp³-hybridized carbons (Fsp3) is 0.562. The highest BCUT2D eigenvalue weighted by Gasteiger charge is 2.49. The molecular weight excluding hydrogens is 238 g/mol. The number of anilines is 1. The number of nitrogens with one attached hydrogen (secondary N) is 1. The molecule has 3 heteroatoms. The zero-order chi connectivity index (χ0) is 13.6. The molecule has 0 aromatic heterocycles. The van der Waals surface area contributed by atoms with Gasteiger partial charge < -0.3 is 10.1 Å². The Morgan fingerprint density at radius 3 is 2.84 bits per heavy atom. The summed E-state index contributed by atoms with van der Waals surface area (Å²) in [6.07, 6.45) is 0. The number of hydrogen-bond acceptors (Lipinski definition) is 3. The number of ketones is 1. The summed E-state index contributed by atoms with van der Waals surface area (Å²) < 4.78 is 5.58. The molecule has 3 rings (SSSR count). The quantitative estimate of drug-likeness (QED) is 0.842. The van der Waals surface area contributed by atoms with Crippen LogP contribution in [0.4, 0.5) is 5.69 Å². The highest BCUT2D eigenvalue weighted by molar-refractivity contribution is 5.93. The number of carbonyl (C=O) groups excluding carboxylic acids is 1. The zero-order valence-corrected chi connectivity index (χ0v) is 11.8. The van der Waals surface area contributed by atoms with E-state index in [-0.39, 0.29) is 17.4 Å². The fourth-order valence-electron chi connectivity index (χ4n) is 3.44. The lowest BCUT2D eigenvalue weighted by Gasteiger charge is -2.29. The summed E-state index contributed by atoms with van der Waals surface area (Å²) in [7, 11) is 0. The third kappa shape index (κ3) is 1.88. The maximum atomic E-state index is 12.9. The maximum absolute atomic E-state index is 12.9. The van der Waals surface area contributed by atoms with E-state index in [1.807, 2.05) is 12.1 Å². The van der Waals surface area contributed by atoms with Crippen LogP contribution in [0.15, 0.2) is 24.3 Å². The van der Waals surface area contributed by atoms with Gasteiger partial charge in [-0.1, -0.05) is 32.0 Å². The Labute approximate surface area is 114 Å². The molecular formula is C16H21NO2. The third-order valence-electron chi connectivity index (χ3n) is 4.49. The van der Waals surface area contributed by atoms with Gasteiger partial charge in [0.05, 0.1) is 24.7 Å². The van der Waals surface area contributed by atoms with Crippen molar-refractivity contribution >= 4 is 11.5 Å². The number of carbonyl (C=O) groups is 1. The molecule has 0 radical (unpaired) electrons. The van der Waals surface area contributed by atoms with Gasteiger partial charge >= 0.3 is 0 Å². The molecule has 2 heterocycles. The Morgan fingerprint density at radius 2 is 2.11 bits per heavy atom. The molecule has 3 atom stereocenters. The van der Waals surface area contributed by atoms with Gasteiger partial charge in [-0.25, -0.2) is 0 Å². The molecule has 1 unspecified atom stereocenters. The van der Waals surface area contributed by atoms with Gasteiger partial charge in [-0.15, -0.1) is 0 Å². The molecule has 1 aromatic carbocycles. The number of benzene rings is 1. The van der Waals surface area contributed by atoms with Crippen molar-refractivity contribution in [1.29, 1.82) is 0 Å². The van der Waals surface area contributed by atoms with Gasteiger partial charge in [-0.3, -0.25) is 4.79 Å². The summed E-state index contributed by atoms with van der Waals surface area (Å²) in [5, 5.41) is 3.57. The van der Waals surface area contributed by atoms with Crippen molar-refractivity contribution in [2.75, 3.05) is 18.5 Å². The Morgan fingerprint density at radius 1 is 1.37 bits per heavy atom. The minimum Gasteiger partial charge on any atom is -0.378 e. The Hall–Kier alpha value is -1.35. The largest absolute Gasteiger partial charge is 0.378 e. The smallest absolute Gasteiger partial charge is 0.148 e. The van der Waals surface area contributed by atoms with Crippen LogP contribution in [0.2, 0.25) is 0 Å². The van der Waals surface area contributed by atoms with Gasteiger partial charge in [-0.05, 0) is 24.5 Å². The second-order valence-electron chi connectivity index (χ2n) is 6.32. The van der Waals surface area contributed by atoms with Gasteiger partial charge in [0.15, 0.2) is 0 Å². The summed E-state index contributed by atoms with van der Waals surface area (Å²) in [4.78, 5) is 12.9. The van der Waals surface area contributed by atoms with E-state index in [1.54, 1.807) is 0 Å². The van der Waals surface area contributed by atoms with E-state index in [0.29, 0.717) is 24.9 Å². The second-order valence-corrected chi connectivity index (χ2v) is 6.32.